The van der Waals surface area contributed by atoms with Gasteiger partial charge >= 0.3 is 0 Å². The number of hydrogen-bond acceptors (Lipinski definition) is 5. The largest absolute Gasteiger partial charge is 0.379 e. The van der Waals surface area contributed by atoms with E-state index in [-0.39, 0.29) is 17.9 Å². The van der Waals surface area contributed by atoms with E-state index in [0.29, 0.717) is 24.8 Å². The molecule has 3 rings (SSSR count). The average molecular weight is 331 g/mol. The Morgan fingerprint density at radius 3 is 2.87 bits per heavy atom. The van der Waals surface area contributed by atoms with Crippen LogP contribution >= 0.6 is 11.3 Å². The fourth-order valence-corrected chi connectivity index (χ4v) is 3.50. The summed E-state index contributed by atoms with van der Waals surface area (Å²) >= 11 is 1.54. The van der Waals surface area contributed by atoms with Crippen LogP contribution in [0.4, 0.5) is 0 Å². The van der Waals surface area contributed by atoms with Gasteiger partial charge in [0.1, 0.15) is 5.69 Å². The van der Waals surface area contributed by atoms with Gasteiger partial charge in [0.15, 0.2) is 0 Å². The maximum absolute atomic E-state index is 12.4. The van der Waals surface area contributed by atoms with E-state index in [1.54, 1.807) is 12.4 Å². The van der Waals surface area contributed by atoms with Crippen molar-refractivity contribution < 1.29 is 9.53 Å². The van der Waals surface area contributed by atoms with Crippen molar-refractivity contribution in [2.75, 3.05) is 13.2 Å². The highest BCUT2D eigenvalue weighted by Crippen LogP contribution is 2.21. The number of nitrogens with one attached hydrogen (secondary N) is 1. The fraction of sp³-hybridized carbons (Fsp3) is 0.471. The number of amides is 1. The first-order valence-electron chi connectivity index (χ1n) is 7.86. The number of carbonyl (C=O) groups is 1. The van der Waals surface area contributed by atoms with E-state index >= 15 is 0 Å². The van der Waals surface area contributed by atoms with E-state index < -0.39 is 0 Å². The minimum Gasteiger partial charge on any atom is -0.379 e. The molecule has 1 amide bonds. The first-order valence-corrected chi connectivity index (χ1v) is 8.74. The van der Waals surface area contributed by atoms with Gasteiger partial charge in [-0.2, -0.15) is 0 Å². The van der Waals surface area contributed by atoms with E-state index in [1.165, 1.54) is 16.9 Å². The molecule has 6 heteroatoms. The summed E-state index contributed by atoms with van der Waals surface area (Å²) in [6, 6.07) is 4.04. The number of pyridine rings is 1. The maximum Gasteiger partial charge on any atom is 0.271 e. The molecule has 1 N–H and O–H groups in total. The monoisotopic (exact) mass is 331 g/mol. The second-order valence-corrected chi connectivity index (χ2v) is 7.05. The molecule has 0 aliphatic carbocycles. The molecule has 122 valence electrons. The van der Waals surface area contributed by atoms with Crippen LogP contribution in [0.5, 0.6) is 0 Å². The van der Waals surface area contributed by atoms with E-state index in [0.717, 1.165) is 11.4 Å². The van der Waals surface area contributed by atoms with Crippen molar-refractivity contribution >= 4 is 17.2 Å². The molecule has 2 aromatic rings. The van der Waals surface area contributed by atoms with Crippen molar-refractivity contribution in [3.63, 3.8) is 0 Å². The van der Waals surface area contributed by atoms with Gasteiger partial charge in [-0.25, -0.2) is 4.98 Å². The van der Waals surface area contributed by atoms with Gasteiger partial charge in [-0.1, -0.05) is 13.8 Å². The highest BCUT2D eigenvalue weighted by Gasteiger charge is 2.30. The Bertz CT molecular complexity index is 657. The van der Waals surface area contributed by atoms with E-state index in [9.17, 15) is 4.79 Å². The Balaban J connectivity index is 1.62. The Morgan fingerprint density at radius 1 is 1.39 bits per heavy atom. The second-order valence-electron chi connectivity index (χ2n) is 6.16. The molecule has 1 aliphatic heterocycles. The third kappa shape index (κ3) is 3.95. The van der Waals surface area contributed by atoms with Gasteiger partial charge in [0.2, 0.25) is 0 Å². The summed E-state index contributed by atoms with van der Waals surface area (Å²) in [7, 11) is 0. The lowest BCUT2D eigenvalue weighted by molar-refractivity contribution is 0.0920. The maximum atomic E-state index is 12.4. The van der Waals surface area contributed by atoms with Crippen molar-refractivity contribution in [2.24, 2.45) is 5.92 Å². The van der Waals surface area contributed by atoms with Crippen molar-refractivity contribution in [3.05, 3.63) is 46.2 Å². The lowest BCUT2D eigenvalue weighted by Crippen LogP contribution is -2.40. The van der Waals surface area contributed by atoms with Crippen LogP contribution in [0.2, 0.25) is 0 Å². The highest BCUT2D eigenvalue weighted by atomic mass is 32.1. The first kappa shape index (κ1) is 16.1. The molecule has 0 spiro atoms. The van der Waals surface area contributed by atoms with Crippen LogP contribution in [-0.4, -0.2) is 35.1 Å². The minimum absolute atomic E-state index is 0.0277. The van der Waals surface area contributed by atoms with Gasteiger partial charge in [-0.15, -0.1) is 11.3 Å². The molecular formula is C17H21N3O2S. The lowest BCUT2D eigenvalue weighted by atomic mass is 9.95. The van der Waals surface area contributed by atoms with Crippen LogP contribution in [0, 0.1) is 5.92 Å². The summed E-state index contributed by atoms with van der Waals surface area (Å²) in [5.41, 5.74) is 1.72. The summed E-state index contributed by atoms with van der Waals surface area (Å²) in [4.78, 5) is 20.9. The van der Waals surface area contributed by atoms with Crippen LogP contribution in [0.25, 0.3) is 0 Å². The quantitative estimate of drug-likeness (QED) is 0.915. The molecular weight excluding hydrogens is 310 g/mol. The predicted molar refractivity (Wildman–Crippen MR) is 89.7 cm³/mol. The zero-order valence-electron chi connectivity index (χ0n) is 13.4. The number of nitrogens with zero attached hydrogens (tertiary/aromatic N) is 2. The molecule has 23 heavy (non-hydrogen) atoms. The Hall–Kier alpha value is -1.79. The van der Waals surface area contributed by atoms with Crippen molar-refractivity contribution in [3.8, 4) is 0 Å². The zero-order valence-corrected chi connectivity index (χ0v) is 14.2. The molecule has 1 aliphatic rings. The molecule has 3 heterocycles. The summed E-state index contributed by atoms with van der Waals surface area (Å²) in [6.07, 6.45) is 4.46. The Labute approximate surface area is 140 Å². The van der Waals surface area contributed by atoms with Gasteiger partial charge in [0.25, 0.3) is 5.91 Å². The summed E-state index contributed by atoms with van der Waals surface area (Å²) in [6.45, 7) is 5.39. The van der Waals surface area contributed by atoms with Crippen LogP contribution in [0.1, 0.15) is 40.8 Å². The molecule has 2 aromatic heterocycles. The molecule has 0 bridgehead atoms. The van der Waals surface area contributed by atoms with Gasteiger partial charge < -0.3 is 10.1 Å². The van der Waals surface area contributed by atoms with Gasteiger partial charge in [0, 0.05) is 29.6 Å². The standard InChI is InChI=1S/C17H21N3O2S/c1-11(2)17-20-15(10-23-17)16(21)19-14-9-22-8-13(14)7-12-3-5-18-6-4-12/h3-6,10-11,13-14H,7-9H2,1-2H3,(H,19,21)/t13-,14-/m1/s1. The third-order valence-electron chi connectivity index (χ3n) is 4.01. The molecule has 0 aromatic carbocycles. The van der Waals surface area contributed by atoms with E-state index in [2.05, 4.69) is 29.1 Å². The molecule has 5 nitrogen and oxygen atoms in total. The topological polar surface area (TPSA) is 64.1 Å². The predicted octanol–water partition coefficient (Wildman–Crippen LogP) is 2.65. The number of rotatable bonds is 5. The number of aromatic nitrogens is 2. The average Bonchev–Trinajstić information content (AvgIpc) is 3.18. The number of hydrogen-bond donors (Lipinski definition) is 1. The summed E-state index contributed by atoms with van der Waals surface area (Å²) < 4.78 is 5.57. The lowest BCUT2D eigenvalue weighted by Gasteiger charge is -2.18. The molecule has 1 saturated heterocycles. The second kappa shape index (κ2) is 7.19. The smallest absolute Gasteiger partial charge is 0.271 e. The molecule has 1 fully saturated rings. The fourth-order valence-electron chi connectivity index (χ4n) is 2.68. The van der Waals surface area contributed by atoms with Crippen LogP contribution in [0.15, 0.2) is 29.9 Å². The first-order chi connectivity index (χ1) is 11.1. The van der Waals surface area contributed by atoms with Crippen LogP contribution < -0.4 is 5.32 Å². The van der Waals surface area contributed by atoms with Crippen molar-refractivity contribution in [1.29, 1.82) is 0 Å². The summed E-state index contributed by atoms with van der Waals surface area (Å²) in [5, 5.41) is 5.91. The number of thiazole rings is 1. The number of ether oxygens (including phenoxy) is 1. The SMILES string of the molecule is CC(C)c1nc(C(=O)N[C@@H]2COC[C@H]2Cc2ccncc2)cs1. The van der Waals surface area contributed by atoms with E-state index in [1.807, 2.05) is 17.5 Å². The van der Waals surface area contributed by atoms with Crippen molar-refractivity contribution in [1.82, 2.24) is 15.3 Å². The highest BCUT2D eigenvalue weighted by molar-refractivity contribution is 7.09. The normalized spacial score (nSPS) is 20.8. The van der Waals surface area contributed by atoms with Crippen LogP contribution in [0.3, 0.4) is 0 Å². The van der Waals surface area contributed by atoms with E-state index in [4.69, 9.17) is 4.74 Å². The molecule has 2 atom stereocenters. The van der Waals surface area contributed by atoms with Crippen molar-refractivity contribution in [2.45, 2.75) is 32.2 Å². The zero-order chi connectivity index (χ0) is 16.2. The van der Waals surface area contributed by atoms with Gasteiger partial charge in [-0.3, -0.25) is 9.78 Å². The number of carbonyl (C=O) groups excluding carboxylic acids is 1. The molecule has 0 radical (unpaired) electrons. The third-order valence-corrected chi connectivity index (χ3v) is 5.16. The van der Waals surface area contributed by atoms with Gasteiger partial charge in [0.05, 0.1) is 24.3 Å². The Kier molecular flexibility index (Phi) is 5.03. The molecule has 0 unspecified atom stereocenters. The van der Waals surface area contributed by atoms with Gasteiger partial charge in [-0.05, 0) is 24.1 Å². The van der Waals surface area contributed by atoms with Crippen LogP contribution in [-0.2, 0) is 11.2 Å². The molecule has 0 saturated carbocycles. The summed E-state index contributed by atoms with van der Waals surface area (Å²) in [5.74, 6) is 0.517. The minimum atomic E-state index is -0.108. The Morgan fingerprint density at radius 2 is 2.17 bits per heavy atom.